The smallest absolute Gasteiger partial charge is 0.343 e. The maximum atomic E-state index is 11.7. The Morgan fingerprint density at radius 3 is 1.75 bits per heavy atom. The fraction of sp³-hybridized carbons (Fsp3) is 0.500. The summed E-state index contributed by atoms with van der Waals surface area (Å²) in [5, 5.41) is 19.1. The normalized spacial score (nSPS) is 11.2. The van der Waals surface area contributed by atoms with E-state index in [4.69, 9.17) is 0 Å². The number of carbonyl (C=O) groups is 2. The van der Waals surface area contributed by atoms with Crippen molar-refractivity contribution < 1.29 is 19.8 Å². The van der Waals surface area contributed by atoms with Crippen molar-refractivity contribution in [2.24, 2.45) is 17.8 Å². The van der Waals surface area contributed by atoms with Gasteiger partial charge in [0.1, 0.15) is 5.57 Å². The van der Waals surface area contributed by atoms with Crippen molar-refractivity contribution in [3.63, 3.8) is 0 Å². The summed E-state index contributed by atoms with van der Waals surface area (Å²) in [6, 6.07) is 7.41. The van der Waals surface area contributed by atoms with E-state index in [0.29, 0.717) is 17.4 Å². The van der Waals surface area contributed by atoms with E-state index in [-0.39, 0.29) is 5.92 Å². The van der Waals surface area contributed by atoms with Gasteiger partial charge in [-0.2, -0.15) is 0 Å². The molecule has 24 heavy (non-hydrogen) atoms. The average Bonchev–Trinajstić information content (AvgIpc) is 2.43. The van der Waals surface area contributed by atoms with Gasteiger partial charge in [0, 0.05) is 0 Å². The number of hydrogen-bond acceptors (Lipinski definition) is 2. The van der Waals surface area contributed by atoms with Crippen molar-refractivity contribution in [2.75, 3.05) is 0 Å². The largest absolute Gasteiger partial charge is 0.477 e. The van der Waals surface area contributed by atoms with Crippen molar-refractivity contribution in [3.05, 3.63) is 41.0 Å². The maximum absolute atomic E-state index is 11.7. The molecule has 132 valence electrons. The highest BCUT2D eigenvalue weighted by molar-refractivity contribution is 6.19. The molecule has 0 aromatic heterocycles. The first kappa shape index (κ1) is 19.9. The van der Waals surface area contributed by atoms with Crippen LogP contribution in [0, 0.1) is 24.7 Å². The summed E-state index contributed by atoms with van der Waals surface area (Å²) >= 11 is 0. The van der Waals surface area contributed by atoms with Gasteiger partial charge in [0.25, 0.3) is 0 Å². The van der Waals surface area contributed by atoms with Gasteiger partial charge < -0.3 is 10.2 Å². The third kappa shape index (κ3) is 5.22. The van der Waals surface area contributed by atoms with Crippen molar-refractivity contribution >= 4 is 17.5 Å². The van der Waals surface area contributed by atoms with Crippen LogP contribution in [0.5, 0.6) is 0 Å². The molecule has 0 heterocycles. The summed E-state index contributed by atoms with van der Waals surface area (Å²) in [5.74, 6) is -2.17. The second-order valence-electron chi connectivity index (χ2n) is 7.17. The molecular weight excluding hydrogens is 304 g/mol. The van der Waals surface area contributed by atoms with Crippen molar-refractivity contribution in [3.8, 4) is 0 Å². The Hall–Kier alpha value is -2.10. The summed E-state index contributed by atoms with van der Waals surface area (Å²) < 4.78 is 0. The quantitative estimate of drug-likeness (QED) is 0.413. The molecule has 0 aliphatic heterocycles. The summed E-state index contributed by atoms with van der Waals surface area (Å²) in [6.07, 6.45) is 1.51. The molecular formula is C20H28O4. The number of allylic oxidation sites excluding steroid dienone is 1. The van der Waals surface area contributed by atoms with Crippen LogP contribution in [0.2, 0.25) is 0 Å². The van der Waals surface area contributed by atoms with Crippen LogP contribution in [0.1, 0.15) is 51.7 Å². The summed E-state index contributed by atoms with van der Waals surface area (Å²) in [5.41, 5.74) is 1.57. The average molecular weight is 332 g/mol. The topological polar surface area (TPSA) is 74.6 Å². The van der Waals surface area contributed by atoms with E-state index in [1.54, 1.807) is 0 Å². The SMILES string of the molecule is Cc1ccccc1C(=C(C(=O)O)C(=O)O)C(CC(C)C)CC(C)C. The number of benzene rings is 1. The van der Waals surface area contributed by atoms with Gasteiger partial charge in [-0.15, -0.1) is 0 Å². The minimum absolute atomic E-state index is 0.103. The Labute approximate surface area is 144 Å². The molecule has 0 unspecified atom stereocenters. The molecule has 1 aromatic carbocycles. The van der Waals surface area contributed by atoms with Crippen LogP contribution in [0.3, 0.4) is 0 Å². The lowest BCUT2D eigenvalue weighted by Crippen LogP contribution is -2.20. The predicted octanol–water partition coefficient (Wildman–Crippen LogP) is 4.63. The van der Waals surface area contributed by atoms with Gasteiger partial charge in [-0.05, 0) is 54.2 Å². The Morgan fingerprint density at radius 1 is 0.917 bits per heavy atom. The molecule has 1 aromatic rings. The lowest BCUT2D eigenvalue weighted by atomic mass is 9.78. The highest BCUT2D eigenvalue weighted by atomic mass is 16.4. The van der Waals surface area contributed by atoms with Gasteiger partial charge in [-0.1, -0.05) is 52.0 Å². The van der Waals surface area contributed by atoms with Gasteiger partial charge in [0.05, 0.1) is 0 Å². The molecule has 0 spiro atoms. The summed E-state index contributed by atoms with van der Waals surface area (Å²) in [7, 11) is 0. The van der Waals surface area contributed by atoms with Crippen LogP contribution >= 0.6 is 0 Å². The lowest BCUT2D eigenvalue weighted by Gasteiger charge is -2.26. The molecule has 0 radical (unpaired) electrons. The first-order valence-electron chi connectivity index (χ1n) is 8.41. The molecule has 0 saturated carbocycles. The highest BCUT2D eigenvalue weighted by Gasteiger charge is 2.30. The zero-order chi connectivity index (χ0) is 18.4. The Morgan fingerprint density at radius 2 is 1.38 bits per heavy atom. The number of aliphatic carboxylic acids is 2. The van der Waals surface area contributed by atoms with Crippen molar-refractivity contribution in [1.29, 1.82) is 0 Å². The van der Waals surface area contributed by atoms with Crippen LogP contribution in [0.25, 0.3) is 5.57 Å². The van der Waals surface area contributed by atoms with Crippen molar-refractivity contribution in [1.82, 2.24) is 0 Å². The van der Waals surface area contributed by atoms with Crippen LogP contribution in [-0.4, -0.2) is 22.2 Å². The number of rotatable bonds is 8. The third-order valence-electron chi connectivity index (χ3n) is 4.05. The highest BCUT2D eigenvalue weighted by Crippen LogP contribution is 2.37. The minimum Gasteiger partial charge on any atom is -0.477 e. The number of aryl methyl sites for hydroxylation is 1. The lowest BCUT2D eigenvalue weighted by molar-refractivity contribution is -0.140. The third-order valence-corrected chi connectivity index (χ3v) is 4.05. The zero-order valence-electron chi connectivity index (χ0n) is 15.2. The molecule has 2 N–H and O–H groups in total. The minimum atomic E-state index is -1.38. The molecule has 1 rings (SSSR count). The van der Waals surface area contributed by atoms with Crippen LogP contribution in [0.15, 0.2) is 29.8 Å². The summed E-state index contributed by atoms with van der Waals surface area (Å²) in [6.45, 7) is 10.2. The van der Waals surface area contributed by atoms with Gasteiger partial charge in [-0.3, -0.25) is 0 Å². The van der Waals surface area contributed by atoms with Gasteiger partial charge in [0.15, 0.2) is 0 Å². The first-order valence-corrected chi connectivity index (χ1v) is 8.41. The van der Waals surface area contributed by atoms with Crippen LogP contribution in [0.4, 0.5) is 0 Å². The fourth-order valence-corrected chi connectivity index (χ4v) is 3.23. The van der Waals surface area contributed by atoms with E-state index in [1.165, 1.54) is 0 Å². The van der Waals surface area contributed by atoms with E-state index in [1.807, 2.05) is 31.2 Å². The second kappa shape index (κ2) is 8.67. The molecule has 0 aliphatic rings. The molecule has 0 amide bonds. The van der Waals surface area contributed by atoms with Gasteiger partial charge >= 0.3 is 11.9 Å². The van der Waals surface area contributed by atoms with Gasteiger partial charge in [0.2, 0.25) is 0 Å². The molecule has 0 atom stereocenters. The molecule has 4 nitrogen and oxygen atoms in total. The monoisotopic (exact) mass is 332 g/mol. The molecule has 0 saturated heterocycles. The zero-order valence-corrected chi connectivity index (χ0v) is 15.2. The Bertz CT molecular complexity index is 600. The molecule has 4 heteroatoms. The first-order chi connectivity index (χ1) is 11.1. The summed E-state index contributed by atoms with van der Waals surface area (Å²) in [4.78, 5) is 23.4. The standard InChI is InChI=1S/C20H28O4/c1-12(2)10-15(11-13(3)4)17(18(19(21)22)20(23)24)16-9-7-6-8-14(16)5/h6-9,12-13,15H,10-11H2,1-5H3,(H,21,22)(H,23,24). The van der Waals surface area contributed by atoms with Crippen LogP contribution < -0.4 is 0 Å². The van der Waals surface area contributed by atoms with E-state index >= 15 is 0 Å². The maximum Gasteiger partial charge on any atom is 0.343 e. The Balaban J connectivity index is 3.68. The van der Waals surface area contributed by atoms with Gasteiger partial charge in [-0.25, -0.2) is 9.59 Å². The molecule has 0 bridgehead atoms. The predicted molar refractivity (Wildman–Crippen MR) is 95.8 cm³/mol. The second-order valence-corrected chi connectivity index (χ2v) is 7.17. The number of carboxylic acid groups (broad SMARTS) is 2. The molecule has 0 fully saturated rings. The van der Waals surface area contributed by atoms with E-state index in [9.17, 15) is 19.8 Å². The Kier molecular flexibility index (Phi) is 7.20. The van der Waals surface area contributed by atoms with E-state index in [2.05, 4.69) is 27.7 Å². The van der Waals surface area contributed by atoms with E-state index in [0.717, 1.165) is 24.0 Å². The van der Waals surface area contributed by atoms with Crippen molar-refractivity contribution in [2.45, 2.75) is 47.5 Å². The van der Waals surface area contributed by atoms with Crippen LogP contribution in [-0.2, 0) is 9.59 Å². The fourth-order valence-electron chi connectivity index (χ4n) is 3.23. The molecule has 0 aliphatic carbocycles. The number of hydrogen-bond donors (Lipinski definition) is 2. The number of carboxylic acids is 2. The van der Waals surface area contributed by atoms with E-state index < -0.39 is 17.5 Å².